The number of likely N-dealkylation sites (N-methyl/N-ethyl adjacent to an activating group) is 1. The molecule has 1 saturated heterocycles. The molecule has 1 aromatic rings. The van der Waals surface area contributed by atoms with E-state index < -0.39 is 0 Å². The van der Waals surface area contributed by atoms with Gasteiger partial charge in [-0.05, 0) is 51.2 Å². The van der Waals surface area contributed by atoms with Crippen molar-refractivity contribution >= 4 is 5.69 Å². The molecule has 1 aromatic carbocycles. The van der Waals surface area contributed by atoms with Crippen LogP contribution in [0.25, 0.3) is 0 Å². The second-order valence-electron chi connectivity index (χ2n) is 6.28. The molecule has 0 saturated carbocycles. The summed E-state index contributed by atoms with van der Waals surface area (Å²) in [6.45, 7) is 3.48. The summed E-state index contributed by atoms with van der Waals surface area (Å²) in [4.78, 5) is 4.42. The minimum Gasteiger partial charge on any atom is -0.497 e. The fourth-order valence-corrected chi connectivity index (χ4v) is 2.92. The predicted molar refractivity (Wildman–Crippen MR) is 90.8 cm³/mol. The normalized spacial score (nSPS) is 17.8. The van der Waals surface area contributed by atoms with Crippen LogP contribution in [0.1, 0.15) is 12.8 Å². The van der Waals surface area contributed by atoms with Gasteiger partial charge < -0.3 is 25.0 Å². The molecule has 1 heterocycles. The van der Waals surface area contributed by atoms with E-state index in [4.69, 9.17) is 4.74 Å². The number of methoxy groups -OCH3 is 1. The molecule has 124 valence electrons. The lowest BCUT2D eigenvalue weighted by molar-refractivity contribution is 0.130. The van der Waals surface area contributed by atoms with Crippen LogP contribution in [-0.4, -0.2) is 69.5 Å². The Hall–Kier alpha value is -1.30. The molecule has 0 spiro atoms. The van der Waals surface area contributed by atoms with Crippen LogP contribution in [0.4, 0.5) is 5.69 Å². The van der Waals surface area contributed by atoms with Crippen molar-refractivity contribution < 1.29 is 9.84 Å². The first kappa shape index (κ1) is 17.1. The van der Waals surface area contributed by atoms with Crippen molar-refractivity contribution in [3.05, 3.63) is 24.3 Å². The third kappa shape index (κ3) is 5.16. The van der Waals surface area contributed by atoms with E-state index in [-0.39, 0.29) is 6.10 Å². The average Bonchev–Trinajstić information content (AvgIpc) is 2.53. The van der Waals surface area contributed by atoms with E-state index in [0.717, 1.165) is 31.7 Å². The van der Waals surface area contributed by atoms with Crippen LogP contribution < -0.4 is 15.0 Å². The average molecular weight is 307 g/mol. The minimum atomic E-state index is -0.297. The van der Waals surface area contributed by atoms with Gasteiger partial charge in [0, 0.05) is 37.9 Å². The van der Waals surface area contributed by atoms with Crippen LogP contribution in [0.3, 0.4) is 0 Å². The van der Waals surface area contributed by atoms with Gasteiger partial charge >= 0.3 is 0 Å². The van der Waals surface area contributed by atoms with Crippen molar-refractivity contribution in [2.45, 2.75) is 25.0 Å². The molecule has 0 bridgehead atoms. The number of nitrogens with one attached hydrogen (secondary N) is 1. The standard InChI is InChI=1S/C17H29N3O2/c1-19(2)13-16(21)12-18-14-8-10-20(11-9-14)15-4-6-17(22-3)7-5-15/h4-7,14,16,18,21H,8-13H2,1-3H3. The van der Waals surface area contributed by atoms with Gasteiger partial charge in [-0.25, -0.2) is 0 Å². The Kier molecular flexibility index (Phi) is 6.49. The van der Waals surface area contributed by atoms with Gasteiger partial charge in [-0.1, -0.05) is 0 Å². The van der Waals surface area contributed by atoms with E-state index in [9.17, 15) is 5.11 Å². The fraction of sp³-hybridized carbons (Fsp3) is 0.647. The maximum Gasteiger partial charge on any atom is 0.119 e. The number of rotatable bonds is 7. The highest BCUT2D eigenvalue weighted by Crippen LogP contribution is 2.22. The van der Waals surface area contributed by atoms with Gasteiger partial charge in [0.15, 0.2) is 0 Å². The van der Waals surface area contributed by atoms with Gasteiger partial charge in [0.1, 0.15) is 5.75 Å². The zero-order valence-corrected chi connectivity index (χ0v) is 14.0. The van der Waals surface area contributed by atoms with Gasteiger partial charge in [-0.15, -0.1) is 0 Å². The van der Waals surface area contributed by atoms with E-state index in [1.165, 1.54) is 5.69 Å². The highest BCUT2D eigenvalue weighted by atomic mass is 16.5. The zero-order valence-electron chi connectivity index (χ0n) is 14.0. The minimum absolute atomic E-state index is 0.297. The number of anilines is 1. The second kappa shape index (κ2) is 8.36. The highest BCUT2D eigenvalue weighted by Gasteiger charge is 2.19. The molecular formula is C17H29N3O2. The van der Waals surface area contributed by atoms with E-state index in [1.807, 2.05) is 31.1 Å². The van der Waals surface area contributed by atoms with Gasteiger partial charge in [-0.3, -0.25) is 0 Å². The Labute approximate surface area is 133 Å². The van der Waals surface area contributed by atoms with Gasteiger partial charge in [0.25, 0.3) is 0 Å². The molecule has 22 heavy (non-hydrogen) atoms. The Morgan fingerprint density at radius 1 is 1.27 bits per heavy atom. The van der Waals surface area contributed by atoms with Crippen molar-refractivity contribution in [1.82, 2.24) is 10.2 Å². The Balaban J connectivity index is 1.73. The summed E-state index contributed by atoms with van der Waals surface area (Å²) >= 11 is 0. The van der Waals surface area contributed by atoms with Gasteiger partial charge in [0.05, 0.1) is 13.2 Å². The molecule has 5 nitrogen and oxygen atoms in total. The van der Waals surface area contributed by atoms with Gasteiger partial charge in [-0.2, -0.15) is 0 Å². The molecule has 1 atom stereocenters. The molecule has 0 amide bonds. The first-order valence-electron chi connectivity index (χ1n) is 8.03. The zero-order chi connectivity index (χ0) is 15.9. The lowest BCUT2D eigenvalue weighted by Gasteiger charge is -2.34. The smallest absolute Gasteiger partial charge is 0.119 e. The number of nitrogens with zero attached hydrogens (tertiary/aromatic N) is 2. The van der Waals surface area contributed by atoms with E-state index in [1.54, 1.807) is 7.11 Å². The fourth-order valence-electron chi connectivity index (χ4n) is 2.92. The molecule has 1 aliphatic heterocycles. The maximum atomic E-state index is 9.90. The summed E-state index contributed by atoms with van der Waals surface area (Å²) in [5.74, 6) is 0.898. The predicted octanol–water partition coefficient (Wildman–Crippen LogP) is 1.18. The largest absolute Gasteiger partial charge is 0.497 e. The number of benzene rings is 1. The van der Waals surface area contributed by atoms with Crippen LogP contribution in [0.15, 0.2) is 24.3 Å². The number of piperidine rings is 1. The Morgan fingerprint density at radius 2 is 1.91 bits per heavy atom. The van der Waals surface area contributed by atoms with Crippen molar-refractivity contribution in [2.75, 3.05) is 52.3 Å². The first-order valence-corrected chi connectivity index (χ1v) is 8.03. The number of hydrogen-bond acceptors (Lipinski definition) is 5. The summed E-state index contributed by atoms with van der Waals surface area (Å²) in [5, 5.41) is 13.4. The lowest BCUT2D eigenvalue weighted by Crippen LogP contribution is -2.46. The monoisotopic (exact) mass is 307 g/mol. The van der Waals surface area contributed by atoms with E-state index in [0.29, 0.717) is 19.1 Å². The van der Waals surface area contributed by atoms with Crippen molar-refractivity contribution in [3.8, 4) is 5.75 Å². The van der Waals surface area contributed by atoms with E-state index in [2.05, 4.69) is 22.3 Å². The molecule has 1 unspecified atom stereocenters. The highest BCUT2D eigenvalue weighted by molar-refractivity contribution is 5.49. The molecule has 0 aliphatic carbocycles. The lowest BCUT2D eigenvalue weighted by atomic mass is 10.0. The summed E-state index contributed by atoms with van der Waals surface area (Å²) in [6, 6.07) is 8.77. The number of hydrogen-bond donors (Lipinski definition) is 2. The number of aliphatic hydroxyl groups excluding tert-OH is 1. The molecule has 1 aliphatic rings. The van der Waals surface area contributed by atoms with Crippen LogP contribution in [-0.2, 0) is 0 Å². The van der Waals surface area contributed by atoms with Gasteiger partial charge in [0.2, 0.25) is 0 Å². The molecule has 1 fully saturated rings. The first-order chi connectivity index (χ1) is 10.6. The Bertz CT molecular complexity index is 428. The van der Waals surface area contributed by atoms with Crippen LogP contribution in [0.5, 0.6) is 5.75 Å². The van der Waals surface area contributed by atoms with Crippen molar-refractivity contribution in [2.24, 2.45) is 0 Å². The number of ether oxygens (including phenoxy) is 1. The summed E-state index contributed by atoms with van der Waals surface area (Å²) < 4.78 is 5.20. The molecule has 0 aromatic heterocycles. The van der Waals surface area contributed by atoms with Crippen LogP contribution in [0, 0.1) is 0 Å². The maximum absolute atomic E-state index is 9.90. The molecular weight excluding hydrogens is 278 g/mol. The van der Waals surface area contributed by atoms with E-state index >= 15 is 0 Å². The summed E-state index contributed by atoms with van der Waals surface area (Å²) in [7, 11) is 5.66. The SMILES string of the molecule is COc1ccc(N2CCC(NCC(O)CN(C)C)CC2)cc1. The topological polar surface area (TPSA) is 48.0 Å². The summed E-state index contributed by atoms with van der Waals surface area (Å²) in [6.07, 6.45) is 1.93. The van der Waals surface area contributed by atoms with Crippen LogP contribution in [0.2, 0.25) is 0 Å². The third-order valence-corrected chi connectivity index (χ3v) is 4.15. The second-order valence-corrected chi connectivity index (χ2v) is 6.28. The van der Waals surface area contributed by atoms with Crippen molar-refractivity contribution in [3.63, 3.8) is 0 Å². The molecule has 2 rings (SSSR count). The molecule has 2 N–H and O–H groups in total. The number of aliphatic hydroxyl groups is 1. The van der Waals surface area contributed by atoms with Crippen LogP contribution >= 0.6 is 0 Å². The summed E-state index contributed by atoms with van der Waals surface area (Å²) in [5.41, 5.74) is 1.26. The molecule has 0 radical (unpaired) electrons. The Morgan fingerprint density at radius 3 is 2.45 bits per heavy atom. The third-order valence-electron chi connectivity index (χ3n) is 4.15. The van der Waals surface area contributed by atoms with Crippen molar-refractivity contribution in [1.29, 1.82) is 0 Å². The molecule has 5 heteroatoms. The quantitative estimate of drug-likeness (QED) is 0.792.